The molecule has 1 unspecified atom stereocenters. The fourth-order valence-corrected chi connectivity index (χ4v) is 2.14. The number of carbonyl (C=O) groups is 1. The number of nitrogens with zero attached hydrogens (tertiary/aromatic N) is 1. The first-order valence-electron chi connectivity index (χ1n) is 6.24. The van der Waals surface area contributed by atoms with Gasteiger partial charge in [0.25, 0.3) is 0 Å². The van der Waals surface area contributed by atoms with Crippen LogP contribution in [0.1, 0.15) is 26.3 Å². The predicted molar refractivity (Wildman–Crippen MR) is 78.0 cm³/mol. The summed E-state index contributed by atoms with van der Waals surface area (Å²) in [6.45, 7) is 7.19. The molecule has 0 saturated heterocycles. The van der Waals surface area contributed by atoms with Crippen LogP contribution in [-0.2, 0) is 11.3 Å². The van der Waals surface area contributed by atoms with Gasteiger partial charge >= 0.3 is 0 Å². The number of benzene rings is 1. The van der Waals surface area contributed by atoms with E-state index in [-0.39, 0.29) is 11.8 Å². The molecule has 18 heavy (non-hydrogen) atoms. The molecule has 1 rings (SSSR count). The van der Waals surface area contributed by atoms with Gasteiger partial charge in [0, 0.05) is 17.6 Å². The molecule has 4 heteroatoms. The van der Waals surface area contributed by atoms with E-state index in [1.807, 2.05) is 45.0 Å². The van der Waals surface area contributed by atoms with Crippen LogP contribution < -0.4 is 5.73 Å². The van der Waals surface area contributed by atoms with Crippen molar-refractivity contribution in [2.45, 2.75) is 33.4 Å². The zero-order valence-corrected chi connectivity index (χ0v) is 12.8. The van der Waals surface area contributed by atoms with E-state index in [9.17, 15) is 4.79 Å². The number of hydrogen-bond acceptors (Lipinski definition) is 2. The van der Waals surface area contributed by atoms with Crippen LogP contribution in [0.15, 0.2) is 28.7 Å². The SMILES string of the molecule is CCN(Cc1cccc(Br)c1)C(=O)C(N)C(C)C. The van der Waals surface area contributed by atoms with E-state index in [4.69, 9.17) is 5.73 Å². The van der Waals surface area contributed by atoms with E-state index in [2.05, 4.69) is 15.9 Å². The first kappa shape index (κ1) is 15.2. The smallest absolute Gasteiger partial charge is 0.240 e. The number of carbonyl (C=O) groups excluding carboxylic acids is 1. The number of likely N-dealkylation sites (N-methyl/N-ethyl adjacent to an activating group) is 1. The monoisotopic (exact) mass is 312 g/mol. The van der Waals surface area contributed by atoms with Gasteiger partial charge in [-0.05, 0) is 30.5 Å². The summed E-state index contributed by atoms with van der Waals surface area (Å²) in [5.74, 6) is 0.182. The third-order valence-corrected chi connectivity index (χ3v) is 3.45. The summed E-state index contributed by atoms with van der Waals surface area (Å²) in [5.41, 5.74) is 7.03. The van der Waals surface area contributed by atoms with Gasteiger partial charge < -0.3 is 10.6 Å². The molecule has 0 aromatic heterocycles. The average molecular weight is 313 g/mol. The number of rotatable bonds is 5. The standard InChI is InChI=1S/C14H21BrN2O/c1-4-17(14(18)13(16)10(2)3)9-11-6-5-7-12(15)8-11/h5-8,10,13H,4,9,16H2,1-3H3. The topological polar surface area (TPSA) is 46.3 Å². The molecule has 100 valence electrons. The lowest BCUT2D eigenvalue weighted by molar-refractivity contribution is -0.134. The molecular formula is C14H21BrN2O. The van der Waals surface area contributed by atoms with Crippen molar-refractivity contribution in [2.75, 3.05) is 6.54 Å². The summed E-state index contributed by atoms with van der Waals surface area (Å²) in [5, 5.41) is 0. The fraction of sp³-hybridized carbons (Fsp3) is 0.500. The molecule has 0 saturated carbocycles. The van der Waals surface area contributed by atoms with Gasteiger partial charge in [-0.1, -0.05) is 41.9 Å². The van der Waals surface area contributed by atoms with E-state index in [1.165, 1.54) is 0 Å². The van der Waals surface area contributed by atoms with Gasteiger partial charge in [-0.25, -0.2) is 0 Å². The van der Waals surface area contributed by atoms with Crippen LogP contribution in [0.4, 0.5) is 0 Å². The summed E-state index contributed by atoms with van der Waals surface area (Å²) >= 11 is 3.44. The van der Waals surface area contributed by atoms with E-state index < -0.39 is 6.04 Å². The summed E-state index contributed by atoms with van der Waals surface area (Å²) in [6.07, 6.45) is 0. The second-order valence-electron chi connectivity index (χ2n) is 4.75. The molecule has 0 fully saturated rings. The molecule has 2 N–H and O–H groups in total. The Morgan fingerprint density at radius 3 is 2.61 bits per heavy atom. The molecule has 1 atom stereocenters. The predicted octanol–water partition coefficient (Wildman–Crippen LogP) is 2.78. The van der Waals surface area contributed by atoms with Crippen molar-refractivity contribution in [3.8, 4) is 0 Å². The highest BCUT2D eigenvalue weighted by molar-refractivity contribution is 9.10. The van der Waals surface area contributed by atoms with Crippen LogP contribution in [0.5, 0.6) is 0 Å². The van der Waals surface area contributed by atoms with E-state index >= 15 is 0 Å². The minimum absolute atomic E-state index is 0.0208. The van der Waals surface area contributed by atoms with Crippen LogP contribution in [0.25, 0.3) is 0 Å². The van der Waals surface area contributed by atoms with Gasteiger partial charge in [0.1, 0.15) is 0 Å². The third-order valence-electron chi connectivity index (χ3n) is 2.96. The maximum absolute atomic E-state index is 12.2. The maximum atomic E-state index is 12.2. The fourth-order valence-electron chi connectivity index (χ4n) is 1.70. The highest BCUT2D eigenvalue weighted by Gasteiger charge is 2.22. The molecular weight excluding hydrogens is 292 g/mol. The normalized spacial score (nSPS) is 12.6. The summed E-state index contributed by atoms with van der Waals surface area (Å²) < 4.78 is 1.02. The lowest BCUT2D eigenvalue weighted by Gasteiger charge is -2.26. The number of nitrogens with two attached hydrogens (primary N) is 1. The number of amides is 1. The average Bonchev–Trinajstić information content (AvgIpc) is 2.34. The van der Waals surface area contributed by atoms with Crippen LogP contribution in [0, 0.1) is 5.92 Å². The minimum atomic E-state index is -0.419. The van der Waals surface area contributed by atoms with Crippen molar-refractivity contribution in [2.24, 2.45) is 11.7 Å². The Morgan fingerprint density at radius 1 is 1.44 bits per heavy atom. The zero-order chi connectivity index (χ0) is 13.7. The maximum Gasteiger partial charge on any atom is 0.240 e. The molecule has 3 nitrogen and oxygen atoms in total. The molecule has 0 aliphatic carbocycles. The lowest BCUT2D eigenvalue weighted by Crippen LogP contribution is -2.46. The van der Waals surface area contributed by atoms with Gasteiger partial charge in [0.2, 0.25) is 5.91 Å². The molecule has 1 aromatic rings. The molecule has 1 aromatic carbocycles. The van der Waals surface area contributed by atoms with E-state index in [1.54, 1.807) is 4.90 Å². The van der Waals surface area contributed by atoms with Crippen LogP contribution in [0.2, 0.25) is 0 Å². The Kier molecular flexibility index (Phi) is 5.82. The Bertz CT molecular complexity index is 407. The molecule has 0 aliphatic heterocycles. The molecule has 1 amide bonds. The number of halogens is 1. The second-order valence-corrected chi connectivity index (χ2v) is 5.67. The Labute approximate surface area is 117 Å². The first-order valence-corrected chi connectivity index (χ1v) is 7.03. The lowest BCUT2D eigenvalue weighted by atomic mass is 10.0. The van der Waals surface area contributed by atoms with Gasteiger partial charge in [-0.2, -0.15) is 0 Å². The molecule has 0 bridgehead atoms. The molecule has 0 heterocycles. The van der Waals surface area contributed by atoms with E-state index in [0.29, 0.717) is 13.1 Å². The van der Waals surface area contributed by atoms with E-state index in [0.717, 1.165) is 10.0 Å². The highest BCUT2D eigenvalue weighted by Crippen LogP contribution is 2.14. The third kappa shape index (κ3) is 4.10. The Hall–Kier alpha value is -0.870. The minimum Gasteiger partial charge on any atom is -0.337 e. The van der Waals surface area contributed by atoms with Crippen molar-refractivity contribution < 1.29 is 4.79 Å². The zero-order valence-electron chi connectivity index (χ0n) is 11.2. The van der Waals surface area contributed by atoms with Crippen molar-refractivity contribution >= 4 is 21.8 Å². The second kappa shape index (κ2) is 6.90. The van der Waals surface area contributed by atoms with Gasteiger partial charge in [0.05, 0.1) is 6.04 Å². The van der Waals surface area contributed by atoms with Crippen LogP contribution >= 0.6 is 15.9 Å². The molecule has 0 radical (unpaired) electrons. The van der Waals surface area contributed by atoms with Crippen LogP contribution in [-0.4, -0.2) is 23.4 Å². The highest BCUT2D eigenvalue weighted by atomic mass is 79.9. The largest absolute Gasteiger partial charge is 0.337 e. The summed E-state index contributed by atoms with van der Waals surface area (Å²) in [7, 11) is 0. The molecule has 0 spiro atoms. The Morgan fingerprint density at radius 2 is 2.11 bits per heavy atom. The van der Waals surface area contributed by atoms with Crippen molar-refractivity contribution in [1.29, 1.82) is 0 Å². The van der Waals surface area contributed by atoms with Gasteiger partial charge in [0.15, 0.2) is 0 Å². The first-order chi connectivity index (χ1) is 8.45. The van der Waals surface area contributed by atoms with Crippen LogP contribution in [0.3, 0.4) is 0 Å². The van der Waals surface area contributed by atoms with Gasteiger partial charge in [-0.15, -0.1) is 0 Å². The van der Waals surface area contributed by atoms with Crippen molar-refractivity contribution in [1.82, 2.24) is 4.90 Å². The molecule has 0 aliphatic rings. The Balaban J connectivity index is 2.76. The quantitative estimate of drug-likeness (QED) is 0.908. The summed E-state index contributed by atoms with van der Waals surface area (Å²) in [6, 6.07) is 7.57. The van der Waals surface area contributed by atoms with Gasteiger partial charge in [-0.3, -0.25) is 4.79 Å². The summed E-state index contributed by atoms with van der Waals surface area (Å²) in [4.78, 5) is 14.0. The number of hydrogen-bond donors (Lipinski definition) is 1. The van der Waals surface area contributed by atoms with Crippen molar-refractivity contribution in [3.63, 3.8) is 0 Å². The van der Waals surface area contributed by atoms with Crippen molar-refractivity contribution in [3.05, 3.63) is 34.3 Å².